The van der Waals surface area contributed by atoms with Crippen molar-refractivity contribution in [1.82, 2.24) is 0 Å². The molecular weight excluding hydrogens is 452 g/mol. The summed E-state index contributed by atoms with van der Waals surface area (Å²) in [7, 11) is 0. The summed E-state index contributed by atoms with van der Waals surface area (Å²) in [6.07, 6.45) is -5.30. The van der Waals surface area contributed by atoms with Crippen LogP contribution in [-0.2, 0) is 14.3 Å². The number of benzene rings is 2. The Bertz CT molecular complexity index is 1060. The lowest BCUT2D eigenvalue weighted by atomic mass is 9.99. The minimum Gasteiger partial charge on any atom is -0.508 e. The molecule has 3 rings (SSSR count). The Morgan fingerprint density at radius 2 is 1.62 bits per heavy atom. The van der Waals surface area contributed by atoms with E-state index in [-0.39, 0.29) is 17.1 Å². The van der Waals surface area contributed by atoms with Crippen molar-refractivity contribution in [3.63, 3.8) is 0 Å². The molecule has 0 aliphatic carbocycles. The number of ether oxygens (including phenoxy) is 3. The SMILES string of the molecule is CC(=O)OC[C@H]1O[C@@H](Oc2ccc(C(=O)C=Cc3ccc(O)cc3)c(O)c2O)[C@H](O)[C@@H](O)[C@@H]1O. The van der Waals surface area contributed by atoms with Crippen LogP contribution in [0.15, 0.2) is 42.5 Å². The highest BCUT2D eigenvalue weighted by atomic mass is 16.7. The normalized spacial score (nSPS) is 24.6. The molecule has 0 saturated carbocycles. The van der Waals surface area contributed by atoms with Gasteiger partial charge in [0.05, 0.1) is 5.56 Å². The smallest absolute Gasteiger partial charge is 0.302 e. The Kier molecular flexibility index (Phi) is 7.74. The van der Waals surface area contributed by atoms with Gasteiger partial charge in [-0.25, -0.2) is 0 Å². The lowest BCUT2D eigenvalue weighted by Gasteiger charge is -2.39. The quantitative estimate of drug-likeness (QED) is 0.141. The van der Waals surface area contributed by atoms with Gasteiger partial charge in [-0.3, -0.25) is 9.59 Å². The highest BCUT2D eigenvalue weighted by Crippen LogP contribution is 2.40. The topological polar surface area (TPSA) is 183 Å². The van der Waals surface area contributed by atoms with Crippen LogP contribution in [0, 0.1) is 0 Å². The monoisotopic (exact) mass is 476 g/mol. The average molecular weight is 476 g/mol. The molecule has 0 unspecified atom stereocenters. The molecule has 1 heterocycles. The Morgan fingerprint density at radius 3 is 2.26 bits per heavy atom. The maximum Gasteiger partial charge on any atom is 0.302 e. The summed E-state index contributed by atoms with van der Waals surface area (Å²) in [5.74, 6) is -3.22. The fourth-order valence-corrected chi connectivity index (χ4v) is 3.18. The Hall–Kier alpha value is -3.64. The number of aromatic hydroxyl groups is 3. The van der Waals surface area contributed by atoms with Gasteiger partial charge in [0.25, 0.3) is 0 Å². The van der Waals surface area contributed by atoms with Gasteiger partial charge in [-0.05, 0) is 35.9 Å². The summed E-state index contributed by atoms with van der Waals surface area (Å²) >= 11 is 0. The van der Waals surface area contributed by atoms with Crippen LogP contribution < -0.4 is 4.74 Å². The van der Waals surface area contributed by atoms with E-state index in [1.54, 1.807) is 12.1 Å². The number of rotatable bonds is 7. The highest BCUT2D eigenvalue weighted by Gasteiger charge is 2.45. The molecule has 2 aromatic rings. The zero-order valence-corrected chi connectivity index (χ0v) is 17.9. The lowest BCUT2D eigenvalue weighted by Crippen LogP contribution is -2.60. The molecule has 182 valence electrons. The molecule has 34 heavy (non-hydrogen) atoms. The Morgan fingerprint density at radius 1 is 0.941 bits per heavy atom. The van der Waals surface area contributed by atoms with Crippen molar-refractivity contribution in [3.05, 3.63) is 53.6 Å². The summed E-state index contributed by atoms with van der Waals surface area (Å²) in [6.45, 7) is 0.705. The molecule has 1 aliphatic rings. The van der Waals surface area contributed by atoms with E-state index in [4.69, 9.17) is 14.2 Å². The molecule has 11 heteroatoms. The number of phenolic OH excluding ortho intramolecular Hbond substituents is 3. The first-order chi connectivity index (χ1) is 16.1. The fraction of sp³-hybridized carbons (Fsp3) is 0.304. The number of aliphatic hydroxyl groups excluding tert-OH is 3. The molecule has 0 spiro atoms. The van der Waals surface area contributed by atoms with Crippen molar-refractivity contribution in [1.29, 1.82) is 0 Å². The van der Waals surface area contributed by atoms with Gasteiger partial charge in [-0.1, -0.05) is 18.2 Å². The predicted molar refractivity (Wildman–Crippen MR) is 115 cm³/mol. The largest absolute Gasteiger partial charge is 0.508 e. The lowest BCUT2D eigenvalue weighted by molar-refractivity contribution is -0.278. The van der Waals surface area contributed by atoms with E-state index >= 15 is 0 Å². The molecule has 1 fully saturated rings. The highest BCUT2D eigenvalue weighted by molar-refractivity contribution is 6.09. The van der Waals surface area contributed by atoms with Crippen molar-refractivity contribution in [2.75, 3.05) is 6.61 Å². The van der Waals surface area contributed by atoms with Gasteiger partial charge < -0.3 is 44.8 Å². The first-order valence-corrected chi connectivity index (χ1v) is 10.1. The van der Waals surface area contributed by atoms with E-state index in [2.05, 4.69) is 0 Å². The number of esters is 1. The number of ketones is 1. The molecule has 0 bridgehead atoms. The number of hydrogen-bond acceptors (Lipinski definition) is 11. The molecule has 0 aromatic heterocycles. The maximum absolute atomic E-state index is 12.4. The second-order valence-corrected chi connectivity index (χ2v) is 7.53. The van der Waals surface area contributed by atoms with Crippen LogP contribution in [0.25, 0.3) is 6.08 Å². The molecule has 6 N–H and O–H groups in total. The van der Waals surface area contributed by atoms with E-state index in [0.717, 1.165) is 19.1 Å². The standard InChI is InChI=1S/C23H24O11/c1-11(24)32-10-17-20(29)21(30)22(31)23(34-17)33-16-9-7-14(18(27)19(16)28)15(26)8-4-12-2-5-13(25)6-3-12/h2-9,17,20-23,25,27-31H,10H2,1H3/t17-,20-,21+,22-,23-/m1/s1. The molecule has 11 nitrogen and oxygen atoms in total. The van der Waals surface area contributed by atoms with E-state index in [1.165, 1.54) is 24.3 Å². The number of aliphatic hydroxyl groups is 3. The fourth-order valence-electron chi connectivity index (χ4n) is 3.18. The first-order valence-electron chi connectivity index (χ1n) is 10.1. The third-order valence-electron chi connectivity index (χ3n) is 5.06. The van der Waals surface area contributed by atoms with E-state index in [9.17, 15) is 40.2 Å². The Balaban J connectivity index is 1.75. The van der Waals surface area contributed by atoms with Gasteiger partial charge in [0, 0.05) is 6.92 Å². The molecule has 2 aromatic carbocycles. The summed E-state index contributed by atoms with van der Waals surface area (Å²) in [6, 6.07) is 8.34. The molecular formula is C23H24O11. The zero-order chi connectivity index (χ0) is 25.0. The van der Waals surface area contributed by atoms with Gasteiger partial charge >= 0.3 is 5.97 Å². The van der Waals surface area contributed by atoms with Gasteiger partial charge in [-0.15, -0.1) is 0 Å². The summed E-state index contributed by atoms with van der Waals surface area (Å²) in [5.41, 5.74) is 0.371. The Labute approximate surface area is 193 Å². The molecule has 5 atom stereocenters. The number of carbonyl (C=O) groups excluding carboxylic acids is 2. The van der Waals surface area contributed by atoms with E-state index in [0.29, 0.717) is 5.56 Å². The van der Waals surface area contributed by atoms with Gasteiger partial charge in [0.15, 0.2) is 17.3 Å². The van der Waals surface area contributed by atoms with Crippen molar-refractivity contribution in [2.24, 2.45) is 0 Å². The van der Waals surface area contributed by atoms with Crippen LogP contribution in [-0.4, -0.2) is 79.7 Å². The second kappa shape index (κ2) is 10.5. The number of hydrogen-bond donors (Lipinski definition) is 6. The molecule has 1 aliphatic heterocycles. The molecule has 0 amide bonds. The summed E-state index contributed by atoms with van der Waals surface area (Å²) in [4.78, 5) is 23.5. The minimum atomic E-state index is -1.75. The van der Waals surface area contributed by atoms with Gasteiger partial charge in [0.1, 0.15) is 36.8 Å². The molecule has 0 radical (unpaired) electrons. The van der Waals surface area contributed by atoms with Crippen LogP contribution >= 0.6 is 0 Å². The van der Waals surface area contributed by atoms with Crippen LogP contribution in [0.2, 0.25) is 0 Å². The second-order valence-electron chi connectivity index (χ2n) is 7.53. The average Bonchev–Trinajstić information content (AvgIpc) is 2.80. The van der Waals surface area contributed by atoms with Crippen LogP contribution in [0.1, 0.15) is 22.8 Å². The number of phenols is 3. The minimum absolute atomic E-state index is 0.0634. The first kappa shape index (κ1) is 25.0. The van der Waals surface area contributed by atoms with E-state index < -0.39 is 60.6 Å². The summed E-state index contributed by atoms with van der Waals surface area (Å²) in [5, 5.41) is 60.2. The summed E-state index contributed by atoms with van der Waals surface area (Å²) < 4.78 is 15.5. The number of carbonyl (C=O) groups is 2. The van der Waals surface area contributed by atoms with Crippen LogP contribution in [0.4, 0.5) is 0 Å². The third-order valence-corrected chi connectivity index (χ3v) is 5.06. The van der Waals surface area contributed by atoms with Crippen molar-refractivity contribution in [3.8, 4) is 23.0 Å². The maximum atomic E-state index is 12.4. The van der Waals surface area contributed by atoms with Crippen molar-refractivity contribution >= 4 is 17.8 Å². The predicted octanol–water partition coefficient (Wildman–Crippen LogP) is 0.449. The molecule has 1 saturated heterocycles. The zero-order valence-electron chi connectivity index (χ0n) is 17.9. The van der Waals surface area contributed by atoms with E-state index in [1.807, 2.05) is 0 Å². The van der Waals surface area contributed by atoms with Crippen LogP contribution in [0.5, 0.6) is 23.0 Å². The number of allylic oxidation sites excluding steroid dienone is 1. The van der Waals surface area contributed by atoms with Crippen LogP contribution in [0.3, 0.4) is 0 Å². The van der Waals surface area contributed by atoms with Gasteiger partial charge in [0.2, 0.25) is 12.0 Å². The third kappa shape index (κ3) is 5.64. The van der Waals surface area contributed by atoms with Crippen molar-refractivity contribution < 1.29 is 54.4 Å². The van der Waals surface area contributed by atoms with Crippen molar-refractivity contribution in [2.45, 2.75) is 37.6 Å². The van der Waals surface area contributed by atoms with Gasteiger partial charge in [-0.2, -0.15) is 0 Å².